The first-order chi connectivity index (χ1) is 11.8. The molecule has 10 heteroatoms. The summed E-state index contributed by atoms with van der Waals surface area (Å²) >= 11 is 6.14. The number of benzene rings is 1. The number of nitrogens with zero attached hydrogens (tertiary/aromatic N) is 4. The minimum Gasteiger partial charge on any atom is -0.476 e. The Labute approximate surface area is 149 Å². The second kappa shape index (κ2) is 6.64. The van der Waals surface area contributed by atoms with Gasteiger partial charge in [-0.3, -0.25) is 0 Å². The van der Waals surface area contributed by atoms with Crippen LogP contribution in [0.25, 0.3) is 5.69 Å². The first-order valence-corrected chi connectivity index (χ1v) is 9.95. The van der Waals surface area contributed by atoms with Crippen LogP contribution in [0.15, 0.2) is 24.3 Å². The molecule has 0 spiro atoms. The van der Waals surface area contributed by atoms with Gasteiger partial charge in [0.1, 0.15) is 5.69 Å². The molecule has 0 radical (unpaired) electrons. The molecule has 0 bridgehead atoms. The van der Waals surface area contributed by atoms with Gasteiger partial charge in [0.05, 0.1) is 16.5 Å². The highest BCUT2D eigenvalue weighted by atomic mass is 35.5. The van der Waals surface area contributed by atoms with Crippen LogP contribution in [0.3, 0.4) is 0 Å². The molecule has 3 rings (SSSR count). The van der Waals surface area contributed by atoms with Crippen LogP contribution >= 0.6 is 11.6 Å². The Morgan fingerprint density at radius 2 is 2.12 bits per heavy atom. The smallest absolute Gasteiger partial charge is 0.360 e. The Hall–Kier alpha value is -2.13. The molecule has 1 unspecified atom stereocenters. The zero-order valence-electron chi connectivity index (χ0n) is 13.5. The lowest BCUT2D eigenvalue weighted by Crippen LogP contribution is -2.37. The molecule has 0 amide bonds. The Kier molecular flexibility index (Phi) is 4.70. The lowest BCUT2D eigenvalue weighted by Gasteiger charge is -2.26. The van der Waals surface area contributed by atoms with Gasteiger partial charge < -0.3 is 10.0 Å². The van der Waals surface area contributed by atoms with E-state index in [1.165, 1.54) is 4.80 Å². The quantitative estimate of drug-likeness (QED) is 0.835. The Bertz CT molecular complexity index is 912. The van der Waals surface area contributed by atoms with E-state index in [1.54, 1.807) is 29.2 Å². The van der Waals surface area contributed by atoms with Crippen molar-refractivity contribution in [2.75, 3.05) is 23.0 Å². The second-order valence-electron chi connectivity index (χ2n) is 5.76. The van der Waals surface area contributed by atoms with Crippen molar-refractivity contribution in [2.45, 2.75) is 19.4 Å². The highest BCUT2D eigenvalue weighted by Gasteiger charge is 2.35. The van der Waals surface area contributed by atoms with E-state index in [0.29, 0.717) is 23.7 Å². The topological polar surface area (TPSA) is 105 Å². The van der Waals surface area contributed by atoms with Crippen LogP contribution in [0.4, 0.5) is 5.82 Å². The van der Waals surface area contributed by atoms with Crippen molar-refractivity contribution < 1.29 is 18.3 Å². The number of halogens is 1. The molecule has 134 valence electrons. The average Bonchev–Trinajstić information content (AvgIpc) is 3.13. The highest BCUT2D eigenvalue weighted by molar-refractivity contribution is 7.91. The maximum absolute atomic E-state index is 11.8. The first-order valence-electron chi connectivity index (χ1n) is 7.75. The summed E-state index contributed by atoms with van der Waals surface area (Å²) in [6, 6.07) is 6.50. The molecule has 1 N–H and O–H groups in total. The summed E-state index contributed by atoms with van der Waals surface area (Å²) in [7, 11) is -3.11. The summed E-state index contributed by atoms with van der Waals surface area (Å²) in [5.41, 5.74) is 0.221. The fourth-order valence-electron chi connectivity index (χ4n) is 2.95. The average molecular weight is 385 g/mol. The Morgan fingerprint density at radius 1 is 1.40 bits per heavy atom. The molecule has 0 saturated carbocycles. The van der Waals surface area contributed by atoms with Crippen LogP contribution < -0.4 is 4.90 Å². The van der Waals surface area contributed by atoms with Gasteiger partial charge in [0.25, 0.3) is 0 Å². The summed E-state index contributed by atoms with van der Waals surface area (Å²) in [5, 5.41) is 18.2. The van der Waals surface area contributed by atoms with Gasteiger partial charge in [0.2, 0.25) is 5.69 Å². The van der Waals surface area contributed by atoms with Crippen LogP contribution in [0.1, 0.15) is 23.8 Å². The van der Waals surface area contributed by atoms with Gasteiger partial charge in [0.15, 0.2) is 15.7 Å². The van der Waals surface area contributed by atoms with Crippen molar-refractivity contribution in [1.29, 1.82) is 0 Å². The molecule has 1 fully saturated rings. The number of sulfone groups is 1. The minimum atomic E-state index is -3.11. The molecule has 2 heterocycles. The molecule has 1 aliphatic rings. The minimum absolute atomic E-state index is 0.0150. The van der Waals surface area contributed by atoms with E-state index in [0.717, 1.165) is 0 Å². The zero-order valence-corrected chi connectivity index (χ0v) is 15.0. The summed E-state index contributed by atoms with van der Waals surface area (Å²) in [4.78, 5) is 14.5. The van der Waals surface area contributed by atoms with Crippen molar-refractivity contribution in [2.24, 2.45) is 0 Å². The van der Waals surface area contributed by atoms with E-state index in [-0.39, 0.29) is 29.1 Å². The molecule has 25 heavy (non-hydrogen) atoms. The number of hydrogen-bond acceptors (Lipinski definition) is 6. The molecular weight excluding hydrogens is 368 g/mol. The van der Waals surface area contributed by atoms with Gasteiger partial charge in [-0.25, -0.2) is 13.2 Å². The second-order valence-corrected chi connectivity index (χ2v) is 8.40. The summed E-state index contributed by atoms with van der Waals surface area (Å²) in [6.45, 7) is 2.24. The molecule has 1 saturated heterocycles. The van der Waals surface area contributed by atoms with E-state index in [9.17, 15) is 18.3 Å². The number of para-hydroxylation sites is 1. The summed E-state index contributed by atoms with van der Waals surface area (Å²) in [5.74, 6) is -1.00. The lowest BCUT2D eigenvalue weighted by molar-refractivity contribution is 0.0690. The molecule has 1 aliphatic heterocycles. The highest BCUT2D eigenvalue weighted by Crippen LogP contribution is 2.27. The van der Waals surface area contributed by atoms with Gasteiger partial charge in [-0.05, 0) is 25.5 Å². The summed E-state index contributed by atoms with van der Waals surface area (Å²) in [6.07, 6.45) is 0.439. The van der Waals surface area contributed by atoms with E-state index in [2.05, 4.69) is 10.2 Å². The number of rotatable bonds is 5. The third-order valence-corrected chi connectivity index (χ3v) is 6.20. The molecule has 0 aliphatic carbocycles. The van der Waals surface area contributed by atoms with Gasteiger partial charge in [-0.2, -0.15) is 0 Å². The van der Waals surface area contributed by atoms with Crippen molar-refractivity contribution in [3.8, 4) is 5.69 Å². The largest absolute Gasteiger partial charge is 0.476 e. The monoisotopic (exact) mass is 384 g/mol. The van der Waals surface area contributed by atoms with Gasteiger partial charge in [0, 0.05) is 12.6 Å². The number of carboxylic acids is 1. The van der Waals surface area contributed by atoms with Gasteiger partial charge >= 0.3 is 5.97 Å². The van der Waals surface area contributed by atoms with Crippen LogP contribution in [-0.4, -0.2) is 58.6 Å². The molecule has 8 nitrogen and oxygen atoms in total. The standard InChI is InChI=1S/C15H17ClN4O4S/c1-2-19(10-7-8-25(23,24)9-10)14-13(15(21)22)17-20(18-14)12-6-4-3-5-11(12)16/h3-6,10H,2,7-9H2,1H3,(H,21,22). The maximum atomic E-state index is 11.8. The van der Waals surface area contributed by atoms with Crippen molar-refractivity contribution in [3.05, 3.63) is 35.0 Å². The molecule has 1 aromatic carbocycles. The predicted molar refractivity (Wildman–Crippen MR) is 93.4 cm³/mol. The van der Waals surface area contributed by atoms with E-state index in [4.69, 9.17) is 11.6 Å². The fraction of sp³-hybridized carbons (Fsp3) is 0.400. The van der Waals surface area contributed by atoms with Crippen molar-refractivity contribution >= 4 is 33.2 Å². The number of aromatic nitrogens is 3. The number of hydrogen-bond donors (Lipinski definition) is 1. The van der Waals surface area contributed by atoms with Crippen LogP contribution in [0.5, 0.6) is 0 Å². The maximum Gasteiger partial charge on any atom is 0.360 e. The summed E-state index contributed by atoms with van der Waals surface area (Å²) < 4.78 is 23.6. The Morgan fingerprint density at radius 3 is 2.68 bits per heavy atom. The van der Waals surface area contributed by atoms with Crippen LogP contribution in [-0.2, 0) is 9.84 Å². The Balaban J connectivity index is 2.05. The molecule has 1 atom stereocenters. The lowest BCUT2D eigenvalue weighted by atomic mass is 10.2. The zero-order chi connectivity index (χ0) is 18.2. The van der Waals surface area contributed by atoms with E-state index >= 15 is 0 Å². The molecular formula is C15H17ClN4O4S. The number of carbonyl (C=O) groups is 1. The number of anilines is 1. The fourth-order valence-corrected chi connectivity index (χ4v) is 4.90. The number of carboxylic acid groups (broad SMARTS) is 1. The normalized spacial score (nSPS) is 19.0. The van der Waals surface area contributed by atoms with Crippen LogP contribution in [0.2, 0.25) is 5.02 Å². The van der Waals surface area contributed by atoms with E-state index < -0.39 is 15.8 Å². The van der Waals surface area contributed by atoms with Crippen LogP contribution in [0, 0.1) is 0 Å². The van der Waals surface area contributed by atoms with Gasteiger partial charge in [-0.1, -0.05) is 23.7 Å². The van der Waals surface area contributed by atoms with Crippen molar-refractivity contribution in [3.63, 3.8) is 0 Å². The molecule has 2 aromatic rings. The molecule has 1 aromatic heterocycles. The first kappa shape index (κ1) is 17.7. The van der Waals surface area contributed by atoms with Gasteiger partial charge in [-0.15, -0.1) is 15.0 Å². The SMILES string of the molecule is CCN(c1nn(-c2ccccc2Cl)nc1C(=O)O)C1CCS(=O)(=O)C1. The predicted octanol–water partition coefficient (Wildman–Crippen LogP) is 1.63. The van der Waals surface area contributed by atoms with Crippen molar-refractivity contribution in [1.82, 2.24) is 15.0 Å². The number of aromatic carboxylic acids is 1. The third kappa shape index (κ3) is 3.47. The van der Waals surface area contributed by atoms with E-state index in [1.807, 2.05) is 6.92 Å². The third-order valence-electron chi connectivity index (χ3n) is 4.13.